The zero-order chi connectivity index (χ0) is 11.3. The molecule has 1 N–H and O–H groups in total. The molecule has 4 rings (SSSR count). The molecule has 4 aliphatic rings. The molecule has 16 heavy (non-hydrogen) atoms. The van der Waals surface area contributed by atoms with Gasteiger partial charge < -0.3 is 5.11 Å². The number of carboxylic acid groups (broad SMARTS) is 1. The van der Waals surface area contributed by atoms with E-state index in [-0.39, 0.29) is 11.0 Å². The molecular formula is C12H18O3S. The van der Waals surface area contributed by atoms with Crippen LogP contribution in [0.4, 0.5) is 0 Å². The number of aliphatic carboxylic acids is 1. The molecule has 0 aromatic carbocycles. The summed E-state index contributed by atoms with van der Waals surface area (Å²) in [6.45, 7) is 0. The van der Waals surface area contributed by atoms with Crippen LogP contribution in [0.3, 0.4) is 0 Å². The highest BCUT2D eigenvalue weighted by atomic mass is 32.2. The lowest BCUT2D eigenvalue weighted by Crippen LogP contribution is -2.50. The Balaban J connectivity index is 1.76. The summed E-state index contributed by atoms with van der Waals surface area (Å²) >= 11 is 0. The second-order valence-corrected chi connectivity index (χ2v) is 7.41. The molecule has 0 aromatic heterocycles. The minimum absolute atomic E-state index is 0.146. The van der Waals surface area contributed by atoms with Crippen molar-refractivity contribution >= 4 is 16.8 Å². The number of hydrogen-bond acceptors (Lipinski definition) is 2. The van der Waals surface area contributed by atoms with Crippen molar-refractivity contribution in [3.8, 4) is 0 Å². The van der Waals surface area contributed by atoms with Gasteiger partial charge in [0.15, 0.2) is 0 Å². The van der Waals surface area contributed by atoms with Crippen LogP contribution in [-0.4, -0.2) is 26.3 Å². The Morgan fingerprint density at radius 1 is 1.06 bits per heavy atom. The zero-order valence-electron chi connectivity index (χ0n) is 9.30. The summed E-state index contributed by atoms with van der Waals surface area (Å²) in [7, 11) is -1.14. The third kappa shape index (κ3) is 1.71. The first-order valence-electron chi connectivity index (χ1n) is 6.22. The molecule has 4 bridgehead atoms. The van der Waals surface area contributed by atoms with E-state index in [1.807, 2.05) is 0 Å². The molecule has 0 radical (unpaired) electrons. The first kappa shape index (κ1) is 10.8. The van der Waals surface area contributed by atoms with E-state index in [0.29, 0.717) is 11.8 Å². The number of hydrogen-bond donors (Lipinski definition) is 1. The maximum absolute atomic E-state index is 12.1. The average molecular weight is 242 g/mol. The third-order valence-corrected chi connectivity index (χ3v) is 6.62. The molecule has 0 heterocycles. The average Bonchev–Trinajstić information content (AvgIpc) is 2.13. The van der Waals surface area contributed by atoms with Crippen LogP contribution in [0.25, 0.3) is 0 Å². The largest absolute Gasteiger partial charge is 0.481 e. The zero-order valence-corrected chi connectivity index (χ0v) is 10.1. The van der Waals surface area contributed by atoms with Crippen molar-refractivity contribution in [1.82, 2.24) is 0 Å². The fraction of sp³-hybridized carbons (Fsp3) is 0.917. The van der Waals surface area contributed by atoms with Crippen LogP contribution in [0.2, 0.25) is 0 Å². The van der Waals surface area contributed by atoms with E-state index < -0.39 is 16.8 Å². The summed E-state index contributed by atoms with van der Waals surface area (Å²) in [6.07, 6.45) is 6.23. The Morgan fingerprint density at radius 2 is 1.56 bits per heavy atom. The first-order chi connectivity index (χ1) is 7.63. The summed E-state index contributed by atoms with van der Waals surface area (Å²) in [6, 6.07) is 0. The van der Waals surface area contributed by atoms with Gasteiger partial charge in [-0.3, -0.25) is 9.00 Å². The van der Waals surface area contributed by atoms with Gasteiger partial charge in [0.25, 0.3) is 0 Å². The minimum atomic E-state index is -1.14. The van der Waals surface area contributed by atoms with Crippen LogP contribution in [0.5, 0.6) is 0 Å². The predicted octanol–water partition coefficient (Wildman–Crippen LogP) is 1.64. The maximum Gasteiger partial charge on any atom is 0.316 e. The van der Waals surface area contributed by atoms with Crippen LogP contribution < -0.4 is 0 Å². The predicted molar refractivity (Wildman–Crippen MR) is 61.5 cm³/mol. The van der Waals surface area contributed by atoms with Crippen molar-refractivity contribution in [2.75, 3.05) is 5.75 Å². The van der Waals surface area contributed by atoms with Gasteiger partial charge in [-0.1, -0.05) is 0 Å². The smallest absolute Gasteiger partial charge is 0.316 e. The highest BCUT2D eigenvalue weighted by Gasteiger charge is 2.50. The Morgan fingerprint density at radius 3 is 2.00 bits per heavy atom. The summed E-state index contributed by atoms with van der Waals surface area (Å²) in [5.41, 5.74) is 0. The second kappa shape index (κ2) is 3.83. The molecule has 1 atom stereocenters. The molecule has 4 heteroatoms. The normalized spacial score (nSPS) is 46.9. The van der Waals surface area contributed by atoms with Gasteiger partial charge >= 0.3 is 5.97 Å². The quantitative estimate of drug-likeness (QED) is 0.818. The number of carbonyl (C=O) groups is 1. The summed E-state index contributed by atoms with van der Waals surface area (Å²) in [4.78, 5) is 10.7. The van der Waals surface area contributed by atoms with Gasteiger partial charge in [0.05, 0.1) is 0 Å². The molecule has 0 aliphatic heterocycles. The van der Waals surface area contributed by atoms with E-state index in [0.717, 1.165) is 11.8 Å². The van der Waals surface area contributed by atoms with E-state index in [1.165, 1.54) is 32.1 Å². The van der Waals surface area contributed by atoms with Gasteiger partial charge in [0.1, 0.15) is 5.75 Å². The van der Waals surface area contributed by atoms with Crippen molar-refractivity contribution in [3.63, 3.8) is 0 Å². The lowest BCUT2D eigenvalue weighted by Gasteiger charge is -2.53. The Hall–Kier alpha value is -0.380. The van der Waals surface area contributed by atoms with E-state index in [9.17, 15) is 9.00 Å². The molecule has 4 fully saturated rings. The van der Waals surface area contributed by atoms with Gasteiger partial charge in [-0.2, -0.15) is 0 Å². The standard InChI is InChI=1S/C12H18O3S/c13-11(14)6-16(15)12-9-2-7-1-8(4-9)5-10(12)3-7/h7-10,12H,1-6H2,(H,13,14). The highest BCUT2D eigenvalue weighted by molar-refractivity contribution is 7.86. The molecule has 0 amide bonds. The van der Waals surface area contributed by atoms with Gasteiger partial charge in [0.2, 0.25) is 0 Å². The third-order valence-electron chi connectivity index (χ3n) is 4.71. The minimum Gasteiger partial charge on any atom is -0.481 e. The molecule has 4 saturated carbocycles. The Bertz CT molecular complexity index is 311. The molecule has 3 nitrogen and oxygen atoms in total. The highest BCUT2D eigenvalue weighted by Crippen LogP contribution is 2.55. The van der Waals surface area contributed by atoms with Crippen LogP contribution in [0.1, 0.15) is 32.1 Å². The van der Waals surface area contributed by atoms with E-state index in [2.05, 4.69) is 0 Å². The van der Waals surface area contributed by atoms with Gasteiger partial charge in [-0.25, -0.2) is 0 Å². The van der Waals surface area contributed by atoms with Crippen LogP contribution >= 0.6 is 0 Å². The van der Waals surface area contributed by atoms with E-state index in [1.54, 1.807) is 0 Å². The molecule has 0 saturated heterocycles. The van der Waals surface area contributed by atoms with E-state index >= 15 is 0 Å². The van der Waals surface area contributed by atoms with Crippen molar-refractivity contribution in [1.29, 1.82) is 0 Å². The van der Waals surface area contributed by atoms with Crippen molar-refractivity contribution in [2.24, 2.45) is 23.7 Å². The molecule has 0 aromatic rings. The fourth-order valence-electron chi connectivity index (χ4n) is 4.52. The molecule has 1 unspecified atom stereocenters. The van der Waals surface area contributed by atoms with E-state index in [4.69, 9.17) is 5.11 Å². The Labute approximate surface area is 98.1 Å². The van der Waals surface area contributed by atoms with Gasteiger partial charge in [0, 0.05) is 16.0 Å². The summed E-state index contributed by atoms with van der Waals surface area (Å²) in [5, 5.41) is 8.94. The lowest BCUT2D eigenvalue weighted by atomic mass is 9.56. The summed E-state index contributed by atoms with van der Waals surface area (Å²) < 4.78 is 12.1. The van der Waals surface area contributed by atoms with Crippen molar-refractivity contribution in [3.05, 3.63) is 0 Å². The second-order valence-electron chi connectivity index (χ2n) is 5.81. The molecular weight excluding hydrogens is 224 g/mol. The van der Waals surface area contributed by atoms with Crippen LogP contribution in [0.15, 0.2) is 0 Å². The number of carboxylic acids is 1. The summed E-state index contributed by atoms with van der Waals surface area (Å²) in [5.74, 6) is 1.80. The molecule has 4 aliphatic carbocycles. The van der Waals surface area contributed by atoms with Crippen LogP contribution in [0, 0.1) is 23.7 Å². The van der Waals surface area contributed by atoms with Gasteiger partial charge in [-0.15, -0.1) is 0 Å². The maximum atomic E-state index is 12.1. The topological polar surface area (TPSA) is 54.4 Å². The molecule has 90 valence electrons. The lowest BCUT2D eigenvalue weighted by molar-refractivity contribution is -0.134. The Kier molecular flexibility index (Phi) is 2.57. The monoisotopic (exact) mass is 242 g/mol. The first-order valence-corrected chi connectivity index (χ1v) is 7.60. The van der Waals surface area contributed by atoms with Crippen molar-refractivity contribution < 1.29 is 14.1 Å². The number of rotatable bonds is 3. The van der Waals surface area contributed by atoms with Gasteiger partial charge in [-0.05, 0) is 55.8 Å². The SMILES string of the molecule is O=C(O)CS(=O)C1C2CC3CC(C2)CC1C3. The molecule has 0 spiro atoms. The van der Waals surface area contributed by atoms with Crippen LogP contribution in [-0.2, 0) is 15.6 Å². The fourth-order valence-corrected chi connectivity index (χ4v) is 6.26. The van der Waals surface area contributed by atoms with Crippen molar-refractivity contribution in [2.45, 2.75) is 37.4 Å².